The highest BCUT2D eigenvalue weighted by Gasteiger charge is 2.26. The molecule has 0 spiro atoms. The van der Waals surface area contributed by atoms with Gasteiger partial charge in [0.2, 0.25) is 0 Å². The van der Waals surface area contributed by atoms with E-state index in [2.05, 4.69) is 17.1 Å². The molecule has 0 saturated carbocycles. The molecule has 0 aliphatic carbocycles. The van der Waals surface area contributed by atoms with E-state index in [1.54, 1.807) is 0 Å². The standard InChI is InChI=1S/C20H30ClN3O3.HI/c1-4-22-20(24-11-8-16(9-12-24)19(25)26-3)23-10-5-13-27-18-7-6-17(21)14-15(18)2;/h6-7,14,16H,4-5,8-13H2,1-3H3,(H,22,23);1H. The largest absolute Gasteiger partial charge is 0.493 e. The normalized spacial score (nSPS) is 15.0. The maximum absolute atomic E-state index is 11.7. The zero-order valence-electron chi connectivity index (χ0n) is 16.9. The molecule has 1 N–H and O–H groups in total. The summed E-state index contributed by atoms with van der Waals surface area (Å²) in [5, 5.41) is 4.06. The van der Waals surface area contributed by atoms with Gasteiger partial charge < -0.3 is 19.7 Å². The summed E-state index contributed by atoms with van der Waals surface area (Å²) in [6, 6.07) is 5.63. The minimum Gasteiger partial charge on any atom is -0.493 e. The van der Waals surface area contributed by atoms with Gasteiger partial charge in [-0.25, -0.2) is 0 Å². The third-order valence-electron chi connectivity index (χ3n) is 4.62. The maximum atomic E-state index is 11.7. The van der Waals surface area contributed by atoms with Gasteiger partial charge >= 0.3 is 5.97 Å². The first-order valence-corrected chi connectivity index (χ1v) is 9.93. The fourth-order valence-electron chi connectivity index (χ4n) is 3.13. The topological polar surface area (TPSA) is 63.2 Å². The van der Waals surface area contributed by atoms with E-state index in [9.17, 15) is 4.79 Å². The van der Waals surface area contributed by atoms with Crippen molar-refractivity contribution in [3.8, 4) is 5.75 Å². The molecular formula is C20H31ClIN3O3. The van der Waals surface area contributed by atoms with Crippen molar-refractivity contribution in [1.29, 1.82) is 0 Å². The fraction of sp³-hybridized carbons (Fsp3) is 0.600. The number of carbonyl (C=O) groups excluding carboxylic acids is 1. The number of benzene rings is 1. The van der Waals surface area contributed by atoms with Gasteiger partial charge in [0.15, 0.2) is 5.96 Å². The van der Waals surface area contributed by atoms with E-state index in [0.29, 0.717) is 13.2 Å². The highest BCUT2D eigenvalue weighted by molar-refractivity contribution is 14.0. The van der Waals surface area contributed by atoms with Crippen molar-refractivity contribution in [3.05, 3.63) is 28.8 Å². The molecular weight excluding hydrogens is 493 g/mol. The Labute approximate surface area is 190 Å². The number of halogens is 2. The Morgan fingerprint density at radius 3 is 2.68 bits per heavy atom. The fourth-order valence-corrected chi connectivity index (χ4v) is 3.35. The lowest BCUT2D eigenvalue weighted by molar-refractivity contribution is -0.146. The van der Waals surface area contributed by atoms with Crippen molar-refractivity contribution in [1.82, 2.24) is 10.2 Å². The first-order valence-electron chi connectivity index (χ1n) is 9.55. The lowest BCUT2D eigenvalue weighted by Gasteiger charge is -2.33. The predicted octanol–water partition coefficient (Wildman–Crippen LogP) is 3.89. The number of hydrogen-bond donors (Lipinski definition) is 1. The Hall–Kier alpha value is -1.22. The molecule has 0 unspecified atom stereocenters. The molecule has 2 rings (SSSR count). The van der Waals surface area contributed by atoms with Gasteiger partial charge in [0.1, 0.15) is 5.75 Å². The monoisotopic (exact) mass is 523 g/mol. The summed E-state index contributed by atoms with van der Waals surface area (Å²) in [5.74, 6) is 1.67. The van der Waals surface area contributed by atoms with Crippen LogP contribution < -0.4 is 10.1 Å². The molecule has 0 amide bonds. The molecule has 28 heavy (non-hydrogen) atoms. The van der Waals surface area contributed by atoms with Crippen molar-refractivity contribution < 1.29 is 14.3 Å². The van der Waals surface area contributed by atoms with Crippen LogP contribution in [0.25, 0.3) is 0 Å². The van der Waals surface area contributed by atoms with Crippen LogP contribution in [0.15, 0.2) is 23.2 Å². The number of nitrogens with one attached hydrogen (secondary N) is 1. The Balaban J connectivity index is 0.00000392. The van der Waals surface area contributed by atoms with E-state index >= 15 is 0 Å². The van der Waals surface area contributed by atoms with Crippen LogP contribution in [0.4, 0.5) is 0 Å². The Kier molecular flexibility index (Phi) is 11.6. The Bertz CT molecular complexity index is 650. The van der Waals surface area contributed by atoms with E-state index in [1.165, 1.54) is 7.11 Å². The van der Waals surface area contributed by atoms with Crippen molar-refractivity contribution >= 4 is 47.5 Å². The number of rotatable bonds is 7. The van der Waals surface area contributed by atoms with Crippen LogP contribution in [0.3, 0.4) is 0 Å². The Morgan fingerprint density at radius 1 is 1.36 bits per heavy atom. The lowest BCUT2D eigenvalue weighted by atomic mass is 9.97. The molecule has 1 aliphatic rings. The number of esters is 1. The van der Waals surface area contributed by atoms with Gasteiger partial charge in [-0.2, -0.15) is 0 Å². The molecule has 0 bridgehead atoms. The van der Waals surface area contributed by atoms with Crippen molar-refractivity contribution in [2.24, 2.45) is 10.9 Å². The summed E-state index contributed by atoms with van der Waals surface area (Å²) in [4.78, 5) is 18.6. The van der Waals surface area contributed by atoms with E-state index in [4.69, 9.17) is 26.1 Å². The van der Waals surface area contributed by atoms with Crippen LogP contribution in [0.5, 0.6) is 5.75 Å². The lowest BCUT2D eigenvalue weighted by Crippen LogP contribution is -2.46. The molecule has 6 nitrogen and oxygen atoms in total. The van der Waals surface area contributed by atoms with Gasteiger partial charge in [0.05, 0.1) is 19.6 Å². The van der Waals surface area contributed by atoms with Crippen LogP contribution in [0.2, 0.25) is 5.02 Å². The van der Waals surface area contributed by atoms with Gasteiger partial charge in [-0.3, -0.25) is 9.79 Å². The molecule has 158 valence electrons. The quantitative estimate of drug-likeness (QED) is 0.193. The number of ether oxygens (including phenoxy) is 2. The molecule has 1 aromatic rings. The van der Waals surface area contributed by atoms with Gasteiger partial charge in [0.25, 0.3) is 0 Å². The first-order chi connectivity index (χ1) is 13.0. The molecule has 1 saturated heterocycles. The van der Waals surface area contributed by atoms with Crippen molar-refractivity contribution in [2.75, 3.05) is 39.9 Å². The smallest absolute Gasteiger partial charge is 0.308 e. The molecule has 1 aromatic carbocycles. The summed E-state index contributed by atoms with van der Waals surface area (Å²) in [6.45, 7) is 7.78. The number of guanidine groups is 1. The number of carbonyl (C=O) groups is 1. The van der Waals surface area contributed by atoms with Crippen LogP contribution in [-0.2, 0) is 9.53 Å². The van der Waals surface area contributed by atoms with Crippen LogP contribution in [0.1, 0.15) is 31.7 Å². The SMILES string of the molecule is CCNC(=NCCCOc1ccc(Cl)cc1C)N1CCC(C(=O)OC)CC1.I. The first kappa shape index (κ1) is 24.8. The third-order valence-corrected chi connectivity index (χ3v) is 4.86. The van der Waals surface area contributed by atoms with Crippen molar-refractivity contribution in [2.45, 2.75) is 33.1 Å². The van der Waals surface area contributed by atoms with E-state index in [-0.39, 0.29) is 35.9 Å². The van der Waals surface area contributed by atoms with Crippen molar-refractivity contribution in [3.63, 3.8) is 0 Å². The second-order valence-corrected chi connectivity index (χ2v) is 7.07. The summed E-state index contributed by atoms with van der Waals surface area (Å²) < 4.78 is 10.7. The van der Waals surface area contributed by atoms with E-state index in [0.717, 1.165) is 61.2 Å². The average molecular weight is 524 g/mol. The number of hydrogen-bond acceptors (Lipinski definition) is 4. The molecule has 8 heteroatoms. The highest BCUT2D eigenvalue weighted by atomic mass is 127. The number of likely N-dealkylation sites (tertiary alicyclic amines) is 1. The van der Waals surface area contributed by atoms with Gasteiger partial charge in [-0.15, -0.1) is 24.0 Å². The van der Waals surface area contributed by atoms with Gasteiger partial charge in [-0.1, -0.05) is 11.6 Å². The molecule has 1 heterocycles. The van der Waals surface area contributed by atoms with Crippen LogP contribution in [-0.4, -0.2) is 56.7 Å². The summed E-state index contributed by atoms with van der Waals surface area (Å²) in [7, 11) is 1.45. The second kappa shape index (κ2) is 13.1. The minimum atomic E-state index is -0.105. The highest BCUT2D eigenvalue weighted by Crippen LogP contribution is 2.22. The maximum Gasteiger partial charge on any atom is 0.308 e. The van der Waals surface area contributed by atoms with Gasteiger partial charge in [-0.05, 0) is 50.5 Å². The zero-order valence-corrected chi connectivity index (χ0v) is 20.0. The van der Waals surface area contributed by atoms with Crippen LogP contribution in [0, 0.1) is 12.8 Å². The molecule has 0 radical (unpaired) electrons. The number of methoxy groups -OCH3 is 1. The number of aryl methyl sites for hydroxylation is 1. The molecule has 0 aromatic heterocycles. The third kappa shape index (κ3) is 7.66. The molecule has 0 atom stereocenters. The van der Waals surface area contributed by atoms with E-state index in [1.807, 2.05) is 25.1 Å². The van der Waals surface area contributed by atoms with Crippen LogP contribution >= 0.6 is 35.6 Å². The second-order valence-electron chi connectivity index (χ2n) is 6.63. The number of nitrogens with zero attached hydrogens (tertiary/aromatic N) is 2. The predicted molar refractivity (Wildman–Crippen MR) is 124 cm³/mol. The Morgan fingerprint density at radius 2 is 2.07 bits per heavy atom. The van der Waals surface area contributed by atoms with E-state index < -0.39 is 0 Å². The number of aliphatic imine (C=N–C) groups is 1. The van der Waals surface area contributed by atoms with Gasteiger partial charge in [0, 0.05) is 37.6 Å². The molecule has 1 aliphatic heterocycles. The number of piperidine rings is 1. The summed E-state index contributed by atoms with van der Waals surface area (Å²) in [5.41, 5.74) is 1.04. The minimum absolute atomic E-state index is 0. The summed E-state index contributed by atoms with van der Waals surface area (Å²) in [6.07, 6.45) is 2.43. The average Bonchev–Trinajstić information content (AvgIpc) is 2.68. The summed E-state index contributed by atoms with van der Waals surface area (Å²) >= 11 is 5.96. The molecule has 1 fully saturated rings. The zero-order chi connectivity index (χ0) is 19.6.